The van der Waals surface area contributed by atoms with Gasteiger partial charge in [-0.3, -0.25) is 0 Å². The van der Waals surface area contributed by atoms with Crippen molar-refractivity contribution >= 4 is 6.09 Å². The fourth-order valence-electron chi connectivity index (χ4n) is 2.89. The second-order valence-corrected chi connectivity index (χ2v) is 7.24. The molecule has 2 N–H and O–H groups in total. The number of carbonyl (C=O) groups excluding carboxylic acids is 1. The van der Waals surface area contributed by atoms with Crippen LogP contribution in [-0.2, 0) is 11.3 Å². The zero-order valence-electron chi connectivity index (χ0n) is 14.0. The van der Waals surface area contributed by atoms with Crippen LogP contribution in [0.4, 0.5) is 4.79 Å². The number of carbonyl (C=O) groups is 1. The summed E-state index contributed by atoms with van der Waals surface area (Å²) >= 11 is 0. The fourth-order valence-corrected chi connectivity index (χ4v) is 2.89. The highest BCUT2D eigenvalue weighted by Gasteiger charge is 2.23. The van der Waals surface area contributed by atoms with E-state index >= 15 is 0 Å². The van der Waals surface area contributed by atoms with E-state index in [-0.39, 0.29) is 6.09 Å². The largest absolute Gasteiger partial charge is 0.444 e. The lowest BCUT2D eigenvalue weighted by atomic mass is 9.96. The van der Waals surface area contributed by atoms with Crippen molar-refractivity contribution in [1.82, 2.24) is 5.32 Å². The van der Waals surface area contributed by atoms with Gasteiger partial charge in [-0.15, -0.1) is 0 Å². The van der Waals surface area contributed by atoms with E-state index in [1.165, 1.54) is 18.7 Å². The summed E-state index contributed by atoms with van der Waals surface area (Å²) in [5.74, 6) is 0.576. The first-order valence-electron chi connectivity index (χ1n) is 8.27. The Morgan fingerprint density at radius 2 is 1.86 bits per heavy atom. The molecule has 0 bridgehead atoms. The zero-order chi connectivity index (χ0) is 16.0. The Morgan fingerprint density at radius 3 is 2.45 bits per heavy atom. The highest BCUT2D eigenvalue weighted by atomic mass is 16.6. The van der Waals surface area contributed by atoms with Gasteiger partial charge in [0, 0.05) is 24.9 Å². The molecule has 0 atom stereocenters. The van der Waals surface area contributed by atoms with Gasteiger partial charge in [0.15, 0.2) is 0 Å². The van der Waals surface area contributed by atoms with Crippen molar-refractivity contribution in [3.05, 3.63) is 35.9 Å². The number of likely N-dealkylation sites (tertiary alicyclic amines) is 1. The number of alkyl carbamates (subject to hydrolysis) is 1. The van der Waals surface area contributed by atoms with Crippen LogP contribution in [0.5, 0.6) is 0 Å². The molecule has 1 aliphatic rings. The van der Waals surface area contributed by atoms with Crippen molar-refractivity contribution in [1.29, 1.82) is 0 Å². The number of hydrogen-bond acceptors (Lipinski definition) is 2. The van der Waals surface area contributed by atoms with E-state index < -0.39 is 5.60 Å². The molecule has 1 amide bonds. The Bertz CT molecular complexity index is 460. The number of amides is 1. The number of ether oxygens (including phenoxy) is 1. The van der Waals surface area contributed by atoms with E-state index in [2.05, 4.69) is 35.6 Å². The molecule has 122 valence electrons. The number of nitrogens with one attached hydrogen (secondary N) is 2. The molecule has 4 nitrogen and oxygen atoms in total. The maximum Gasteiger partial charge on any atom is 0.407 e. The second-order valence-electron chi connectivity index (χ2n) is 7.24. The maximum atomic E-state index is 11.7. The summed E-state index contributed by atoms with van der Waals surface area (Å²) in [6.07, 6.45) is 2.03. The lowest BCUT2D eigenvalue weighted by Crippen LogP contribution is -3.11. The molecule has 0 unspecified atom stereocenters. The summed E-state index contributed by atoms with van der Waals surface area (Å²) in [4.78, 5) is 13.3. The lowest BCUT2D eigenvalue weighted by Gasteiger charge is -2.29. The summed E-state index contributed by atoms with van der Waals surface area (Å²) in [6, 6.07) is 10.7. The van der Waals surface area contributed by atoms with E-state index in [0.29, 0.717) is 5.92 Å². The van der Waals surface area contributed by atoms with Crippen LogP contribution in [0.25, 0.3) is 0 Å². The van der Waals surface area contributed by atoms with Crippen LogP contribution in [0.1, 0.15) is 39.2 Å². The summed E-state index contributed by atoms with van der Waals surface area (Å²) in [5, 5.41) is 2.90. The van der Waals surface area contributed by atoms with Gasteiger partial charge in [-0.1, -0.05) is 30.3 Å². The SMILES string of the molecule is CC(C)(C)OC(=O)NCC1CC[NH+](Cc2ccccc2)CC1. The molecule has 1 aromatic carbocycles. The predicted molar refractivity (Wildman–Crippen MR) is 87.8 cm³/mol. The summed E-state index contributed by atoms with van der Waals surface area (Å²) in [5.41, 5.74) is 0.982. The van der Waals surface area contributed by atoms with Gasteiger partial charge in [-0.25, -0.2) is 4.79 Å². The van der Waals surface area contributed by atoms with Crippen LogP contribution >= 0.6 is 0 Å². The molecule has 1 heterocycles. The molecule has 0 aromatic heterocycles. The summed E-state index contributed by atoms with van der Waals surface area (Å²) in [6.45, 7) is 9.85. The van der Waals surface area contributed by atoms with Crippen LogP contribution in [-0.4, -0.2) is 31.3 Å². The van der Waals surface area contributed by atoms with Crippen LogP contribution in [0.15, 0.2) is 30.3 Å². The molecule has 1 aromatic rings. The molecule has 1 saturated heterocycles. The summed E-state index contributed by atoms with van der Waals surface area (Å²) in [7, 11) is 0. The topological polar surface area (TPSA) is 42.8 Å². The average molecular weight is 305 g/mol. The molecular weight excluding hydrogens is 276 g/mol. The van der Waals surface area contributed by atoms with E-state index in [4.69, 9.17) is 4.74 Å². The standard InChI is InChI=1S/C18H28N2O2/c1-18(2,3)22-17(21)19-13-15-9-11-20(12-10-15)14-16-7-5-4-6-8-16/h4-8,15H,9-14H2,1-3H3,(H,19,21)/p+1. The lowest BCUT2D eigenvalue weighted by molar-refractivity contribution is -0.919. The smallest absolute Gasteiger partial charge is 0.407 e. The van der Waals surface area contributed by atoms with E-state index in [0.717, 1.165) is 25.9 Å². The van der Waals surface area contributed by atoms with Gasteiger partial charge < -0.3 is 15.0 Å². The highest BCUT2D eigenvalue weighted by molar-refractivity contribution is 5.67. The van der Waals surface area contributed by atoms with Gasteiger partial charge in [0.05, 0.1) is 13.1 Å². The molecule has 4 heteroatoms. The van der Waals surface area contributed by atoms with Crippen molar-refractivity contribution in [3.8, 4) is 0 Å². The Kier molecular flexibility index (Phi) is 5.83. The van der Waals surface area contributed by atoms with E-state index in [1.807, 2.05) is 20.8 Å². The van der Waals surface area contributed by atoms with Crippen LogP contribution in [0.3, 0.4) is 0 Å². The van der Waals surface area contributed by atoms with Crippen molar-refractivity contribution < 1.29 is 14.4 Å². The predicted octanol–water partition coefficient (Wildman–Crippen LogP) is 2.01. The molecule has 1 aliphatic heterocycles. The Morgan fingerprint density at radius 1 is 1.23 bits per heavy atom. The van der Waals surface area contributed by atoms with Gasteiger partial charge in [0.2, 0.25) is 0 Å². The molecule has 0 aliphatic carbocycles. The number of hydrogen-bond donors (Lipinski definition) is 2. The first-order valence-corrected chi connectivity index (χ1v) is 8.27. The quantitative estimate of drug-likeness (QED) is 0.893. The molecule has 2 rings (SSSR count). The van der Waals surface area contributed by atoms with Gasteiger partial charge >= 0.3 is 6.09 Å². The first-order chi connectivity index (χ1) is 10.4. The summed E-state index contributed by atoms with van der Waals surface area (Å²) < 4.78 is 5.27. The maximum absolute atomic E-state index is 11.7. The van der Waals surface area contributed by atoms with Crippen molar-refractivity contribution in [2.75, 3.05) is 19.6 Å². The molecule has 22 heavy (non-hydrogen) atoms. The van der Waals surface area contributed by atoms with E-state index in [1.54, 1.807) is 4.90 Å². The van der Waals surface area contributed by atoms with E-state index in [9.17, 15) is 4.79 Å². The first kappa shape index (κ1) is 16.8. The van der Waals surface area contributed by atoms with Gasteiger partial charge in [-0.2, -0.15) is 0 Å². The molecule has 0 spiro atoms. The third-order valence-corrected chi connectivity index (χ3v) is 4.04. The zero-order valence-corrected chi connectivity index (χ0v) is 14.0. The Balaban J connectivity index is 1.66. The fraction of sp³-hybridized carbons (Fsp3) is 0.611. The Hall–Kier alpha value is -1.55. The third-order valence-electron chi connectivity index (χ3n) is 4.04. The molecule has 1 fully saturated rings. The van der Waals surface area contributed by atoms with Gasteiger partial charge in [0.25, 0.3) is 0 Å². The van der Waals surface area contributed by atoms with Gasteiger partial charge in [0.1, 0.15) is 12.1 Å². The van der Waals surface area contributed by atoms with Crippen molar-refractivity contribution in [2.45, 2.75) is 45.8 Å². The second kappa shape index (κ2) is 7.63. The number of rotatable bonds is 4. The van der Waals surface area contributed by atoms with Gasteiger partial charge in [-0.05, 0) is 26.7 Å². The van der Waals surface area contributed by atoms with Crippen molar-refractivity contribution in [3.63, 3.8) is 0 Å². The highest BCUT2D eigenvalue weighted by Crippen LogP contribution is 2.10. The third kappa shape index (κ3) is 6.06. The minimum Gasteiger partial charge on any atom is -0.444 e. The Labute approximate surface area is 133 Å². The average Bonchev–Trinajstić information content (AvgIpc) is 2.46. The monoisotopic (exact) mass is 305 g/mol. The number of benzene rings is 1. The molecule has 0 radical (unpaired) electrons. The molecular formula is C18H29N2O2+. The number of piperidine rings is 1. The van der Waals surface area contributed by atoms with Crippen LogP contribution < -0.4 is 10.2 Å². The minimum absolute atomic E-state index is 0.299. The minimum atomic E-state index is -0.423. The molecule has 0 saturated carbocycles. The van der Waals surface area contributed by atoms with Crippen LogP contribution in [0, 0.1) is 5.92 Å². The van der Waals surface area contributed by atoms with Crippen molar-refractivity contribution in [2.24, 2.45) is 5.92 Å². The normalized spacial score (nSPS) is 22.1. The van der Waals surface area contributed by atoms with Crippen LogP contribution in [0.2, 0.25) is 0 Å². The number of quaternary nitrogens is 1.